The zero-order chi connectivity index (χ0) is 16.7. The Labute approximate surface area is 162 Å². The van der Waals surface area contributed by atoms with Crippen LogP contribution in [0.5, 0.6) is 0 Å². The number of nitrogens with one attached hydrogen (secondary N) is 2. The topological polar surface area (TPSA) is 69.8 Å². The highest BCUT2D eigenvalue weighted by atomic mass is 127. The molecule has 1 aromatic rings. The lowest BCUT2D eigenvalue weighted by molar-refractivity contribution is 0.0437. The second-order valence-corrected chi connectivity index (χ2v) is 6.85. The van der Waals surface area contributed by atoms with Crippen molar-refractivity contribution in [2.24, 2.45) is 16.8 Å². The Morgan fingerprint density at radius 1 is 1.38 bits per heavy atom. The van der Waals surface area contributed by atoms with Gasteiger partial charge in [0.05, 0.1) is 12.8 Å². The van der Waals surface area contributed by atoms with Crippen LogP contribution in [0.15, 0.2) is 27.8 Å². The summed E-state index contributed by atoms with van der Waals surface area (Å²) in [5.74, 6) is 2.78. The zero-order valence-electron chi connectivity index (χ0n) is 15.0. The molecule has 5 nitrogen and oxygen atoms in total. The van der Waals surface area contributed by atoms with E-state index in [-0.39, 0.29) is 30.5 Å². The zero-order valence-corrected chi connectivity index (χ0v) is 17.4. The predicted molar refractivity (Wildman–Crippen MR) is 109 cm³/mol. The van der Waals surface area contributed by atoms with Gasteiger partial charge in [0, 0.05) is 13.1 Å². The summed E-state index contributed by atoms with van der Waals surface area (Å²) < 4.78 is 5.30. The van der Waals surface area contributed by atoms with Crippen molar-refractivity contribution in [3.8, 4) is 0 Å². The van der Waals surface area contributed by atoms with Crippen LogP contribution < -0.4 is 10.6 Å². The maximum absolute atomic E-state index is 10.5. The number of rotatable bonds is 6. The molecule has 0 radical (unpaired) electrons. The van der Waals surface area contributed by atoms with Crippen LogP contribution in [0, 0.1) is 11.8 Å². The summed E-state index contributed by atoms with van der Waals surface area (Å²) in [5.41, 5.74) is -1.09. The molecule has 0 aliphatic heterocycles. The molecule has 1 heterocycles. The SMILES string of the molecule is CCNC(=NCC(C)(O)c1ccco1)NCC1CCCCC1C.I. The van der Waals surface area contributed by atoms with Gasteiger partial charge in [0.1, 0.15) is 11.4 Å². The summed E-state index contributed by atoms with van der Waals surface area (Å²) in [5, 5.41) is 17.2. The second-order valence-electron chi connectivity index (χ2n) is 6.85. The van der Waals surface area contributed by atoms with E-state index in [2.05, 4.69) is 22.5 Å². The van der Waals surface area contributed by atoms with Crippen molar-refractivity contribution in [1.29, 1.82) is 0 Å². The number of aliphatic imine (C=N–C) groups is 1. The van der Waals surface area contributed by atoms with Gasteiger partial charge in [-0.3, -0.25) is 0 Å². The molecule has 1 fully saturated rings. The van der Waals surface area contributed by atoms with Gasteiger partial charge in [-0.1, -0.05) is 26.2 Å². The van der Waals surface area contributed by atoms with Gasteiger partial charge in [0.15, 0.2) is 5.96 Å². The molecule has 138 valence electrons. The molecule has 0 amide bonds. The van der Waals surface area contributed by atoms with E-state index in [1.165, 1.54) is 25.7 Å². The Balaban J connectivity index is 0.00000288. The Bertz CT molecular complexity index is 488. The average molecular weight is 449 g/mol. The van der Waals surface area contributed by atoms with Gasteiger partial charge < -0.3 is 20.2 Å². The van der Waals surface area contributed by atoms with Crippen molar-refractivity contribution in [1.82, 2.24) is 10.6 Å². The molecule has 1 aliphatic rings. The van der Waals surface area contributed by atoms with E-state index in [4.69, 9.17) is 4.42 Å². The van der Waals surface area contributed by atoms with Crippen LogP contribution in [-0.4, -0.2) is 30.7 Å². The van der Waals surface area contributed by atoms with Gasteiger partial charge in [-0.15, -0.1) is 24.0 Å². The number of aliphatic hydroxyl groups is 1. The van der Waals surface area contributed by atoms with Crippen molar-refractivity contribution in [2.75, 3.05) is 19.6 Å². The molecule has 24 heavy (non-hydrogen) atoms. The summed E-state index contributed by atoms with van der Waals surface area (Å²) in [6.45, 7) is 8.12. The fourth-order valence-electron chi connectivity index (χ4n) is 3.16. The Morgan fingerprint density at radius 3 is 2.75 bits per heavy atom. The molecule has 1 saturated carbocycles. The Hall–Kier alpha value is -0.760. The van der Waals surface area contributed by atoms with Gasteiger partial charge in [0.25, 0.3) is 0 Å². The smallest absolute Gasteiger partial charge is 0.191 e. The first-order valence-corrected chi connectivity index (χ1v) is 8.81. The summed E-state index contributed by atoms with van der Waals surface area (Å²) in [7, 11) is 0. The van der Waals surface area contributed by atoms with Crippen molar-refractivity contribution < 1.29 is 9.52 Å². The van der Waals surface area contributed by atoms with E-state index in [0.717, 1.165) is 25.0 Å². The van der Waals surface area contributed by atoms with Crippen LogP contribution in [0.3, 0.4) is 0 Å². The maximum atomic E-state index is 10.5. The molecule has 0 aromatic carbocycles. The van der Waals surface area contributed by atoms with Crippen molar-refractivity contribution in [2.45, 2.75) is 52.1 Å². The molecule has 1 aromatic heterocycles. The minimum Gasteiger partial charge on any atom is -0.466 e. The molecule has 0 saturated heterocycles. The summed E-state index contributed by atoms with van der Waals surface area (Å²) in [4.78, 5) is 4.53. The number of halogens is 1. The fourth-order valence-corrected chi connectivity index (χ4v) is 3.16. The normalized spacial score (nSPS) is 23.9. The Kier molecular flexibility index (Phi) is 9.12. The third-order valence-corrected chi connectivity index (χ3v) is 4.76. The van der Waals surface area contributed by atoms with Crippen LogP contribution in [0.25, 0.3) is 0 Å². The highest BCUT2D eigenvalue weighted by molar-refractivity contribution is 14.0. The highest BCUT2D eigenvalue weighted by Gasteiger charge is 2.26. The van der Waals surface area contributed by atoms with Crippen LogP contribution in [0.2, 0.25) is 0 Å². The first-order valence-electron chi connectivity index (χ1n) is 8.81. The summed E-state index contributed by atoms with van der Waals surface area (Å²) >= 11 is 0. The lowest BCUT2D eigenvalue weighted by atomic mass is 9.80. The van der Waals surface area contributed by atoms with Crippen LogP contribution in [0.1, 0.15) is 52.2 Å². The minimum atomic E-state index is -1.09. The van der Waals surface area contributed by atoms with E-state index in [1.807, 2.05) is 6.92 Å². The van der Waals surface area contributed by atoms with Gasteiger partial charge in [0.2, 0.25) is 0 Å². The molecule has 3 unspecified atom stereocenters. The third kappa shape index (κ3) is 6.27. The number of hydrogen-bond acceptors (Lipinski definition) is 3. The number of nitrogens with zero attached hydrogens (tertiary/aromatic N) is 1. The minimum absolute atomic E-state index is 0. The van der Waals surface area contributed by atoms with Crippen molar-refractivity contribution >= 4 is 29.9 Å². The first kappa shape index (κ1) is 21.3. The van der Waals surface area contributed by atoms with E-state index < -0.39 is 5.60 Å². The largest absolute Gasteiger partial charge is 0.466 e. The summed E-state index contributed by atoms with van der Waals surface area (Å²) in [6.07, 6.45) is 6.88. The molecule has 3 atom stereocenters. The molecule has 0 spiro atoms. The van der Waals surface area contributed by atoms with Crippen molar-refractivity contribution in [3.05, 3.63) is 24.2 Å². The quantitative estimate of drug-likeness (QED) is 0.353. The van der Waals surface area contributed by atoms with E-state index in [9.17, 15) is 5.11 Å². The molecule has 6 heteroatoms. The van der Waals surface area contributed by atoms with Gasteiger partial charge in [-0.25, -0.2) is 4.99 Å². The third-order valence-electron chi connectivity index (χ3n) is 4.76. The second kappa shape index (κ2) is 10.3. The molecule has 3 N–H and O–H groups in total. The molecule has 1 aliphatic carbocycles. The maximum Gasteiger partial charge on any atom is 0.191 e. The molecular formula is C18H32IN3O2. The number of furan rings is 1. The summed E-state index contributed by atoms with van der Waals surface area (Å²) in [6, 6.07) is 3.56. The monoisotopic (exact) mass is 449 g/mol. The van der Waals surface area contributed by atoms with E-state index in [0.29, 0.717) is 11.7 Å². The number of guanidine groups is 1. The average Bonchev–Trinajstić information content (AvgIpc) is 3.07. The van der Waals surface area contributed by atoms with Crippen LogP contribution in [-0.2, 0) is 5.60 Å². The lowest BCUT2D eigenvalue weighted by Crippen LogP contribution is -2.42. The number of hydrogen-bond donors (Lipinski definition) is 3. The molecular weight excluding hydrogens is 417 g/mol. The fraction of sp³-hybridized carbons (Fsp3) is 0.722. The Morgan fingerprint density at radius 2 is 2.12 bits per heavy atom. The molecule has 2 rings (SSSR count). The molecule has 0 bridgehead atoms. The predicted octanol–water partition coefficient (Wildman–Crippen LogP) is 3.49. The van der Waals surface area contributed by atoms with Gasteiger partial charge in [-0.05, 0) is 44.2 Å². The van der Waals surface area contributed by atoms with Crippen LogP contribution >= 0.6 is 24.0 Å². The van der Waals surface area contributed by atoms with E-state index >= 15 is 0 Å². The van der Waals surface area contributed by atoms with E-state index in [1.54, 1.807) is 25.3 Å². The lowest BCUT2D eigenvalue weighted by Gasteiger charge is -2.29. The first-order chi connectivity index (χ1) is 11.0. The van der Waals surface area contributed by atoms with Gasteiger partial charge in [-0.2, -0.15) is 0 Å². The van der Waals surface area contributed by atoms with Crippen LogP contribution in [0.4, 0.5) is 0 Å². The standard InChI is InChI=1S/C18H31N3O2.HI/c1-4-19-17(20-12-15-9-6-5-8-14(15)2)21-13-18(3,22)16-10-7-11-23-16;/h7,10-11,14-15,22H,4-6,8-9,12-13H2,1-3H3,(H2,19,20,21);1H. The van der Waals surface area contributed by atoms with Gasteiger partial charge >= 0.3 is 0 Å². The highest BCUT2D eigenvalue weighted by Crippen LogP contribution is 2.28. The van der Waals surface area contributed by atoms with Crippen molar-refractivity contribution in [3.63, 3.8) is 0 Å².